The number of nitrogens with zero attached hydrogens (tertiary/aromatic N) is 2. The molecule has 1 saturated heterocycles. The molecular formula is C24H28FN3O5. The number of ketones is 1. The molecule has 2 heterocycles. The molecule has 0 aliphatic carbocycles. The van der Waals surface area contributed by atoms with Crippen LogP contribution in [-0.2, 0) is 14.3 Å². The van der Waals surface area contributed by atoms with Crippen molar-refractivity contribution in [3.05, 3.63) is 63.7 Å². The number of aliphatic hydroxyl groups is 1. The number of H-pyrrole nitrogens is 1. The summed E-state index contributed by atoms with van der Waals surface area (Å²) < 4.78 is 19.1. The van der Waals surface area contributed by atoms with E-state index in [4.69, 9.17) is 4.74 Å². The number of aryl methyl sites for hydroxylation is 1. The minimum absolute atomic E-state index is 0.148. The van der Waals surface area contributed by atoms with E-state index in [0.29, 0.717) is 23.4 Å². The second-order valence-electron chi connectivity index (χ2n) is 8.20. The zero-order valence-corrected chi connectivity index (χ0v) is 19.4. The lowest BCUT2D eigenvalue weighted by molar-refractivity contribution is -0.140. The molecule has 0 unspecified atom stereocenters. The smallest absolute Gasteiger partial charge is 0.355 e. The fraction of sp³-hybridized carbons (Fsp3) is 0.375. The Morgan fingerprint density at radius 3 is 2.58 bits per heavy atom. The van der Waals surface area contributed by atoms with E-state index < -0.39 is 35.3 Å². The van der Waals surface area contributed by atoms with Crippen LogP contribution in [0.2, 0.25) is 0 Å². The molecule has 0 saturated carbocycles. The Balaban J connectivity index is 2.20. The van der Waals surface area contributed by atoms with Gasteiger partial charge in [-0.1, -0.05) is 12.1 Å². The third-order valence-electron chi connectivity index (χ3n) is 5.65. The first-order valence-electron chi connectivity index (χ1n) is 10.6. The number of nitrogens with one attached hydrogen (secondary N) is 1. The summed E-state index contributed by atoms with van der Waals surface area (Å²) in [5.74, 6) is -3.17. The van der Waals surface area contributed by atoms with Crippen LogP contribution < -0.4 is 0 Å². The number of carbonyl (C=O) groups excluding carboxylic acids is 3. The molecular weight excluding hydrogens is 429 g/mol. The highest BCUT2D eigenvalue weighted by atomic mass is 19.1. The van der Waals surface area contributed by atoms with E-state index in [1.165, 1.54) is 23.1 Å². The Morgan fingerprint density at radius 1 is 1.27 bits per heavy atom. The van der Waals surface area contributed by atoms with E-state index in [2.05, 4.69) is 4.98 Å². The van der Waals surface area contributed by atoms with Gasteiger partial charge in [-0.25, -0.2) is 9.18 Å². The highest BCUT2D eigenvalue weighted by Crippen LogP contribution is 2.40. The van der Waals surface area contributed by atoms with Crippen LogP contribution in [0.3, 0.4) is 0 Å². The number of aliphatic hydroxyl groups excluding tert-OH is 1. The van der Waals surface area contributed by atoms with Crippen molar-refractivity contribution in [1.82, 2.24) is 14.8 Å². The van der Waals surface area contributed by atoms with Gasteiger partial charge in [-0.2, -0.15) is 0 Å². The van der Waals surface area contributed by atoms with Crippen LogP contribution in [0, 0.1) is 19.7 Å². The summed E-state index contributed by atoms with van der Waals surface area (Å²) in [6, 6.07) is 4.63. The zero-order valence-electron chi connectivity index (χ0n) is 19.4. The van der Waals surface area contributed by atoms with Gasteiger partial charge in [0.2, 0.25) is 0 Å². The summed E-state index contributed by atoms with van der Waals surface area (Å²) in [5.41, 5.74) is 1.44. The first-order chi connectivity index (χ1) is 15.6. The van der Waals surface area contributed by atoms with E-state index in [1.807, 2.05) is 19.0 Å². The van der Waals surface area contributed by atoms with Gasteiger partial charge in [0.05, 0.1) is 18.2 Å². The summed E-state index contributed by atoms with van der Waals surface area (Å²) in [4.78, 5) is 44.4. The Kier molecular flexibility index (Phi) is 7.02. The summed E-state index contributed by atoms with van der Waals surface area (Å²) in [7, 11) is 3.66. The van der Waals surface area contributed by atoms with Gasteiger partial charge < -0.3 is 24.6 Å². The van der Waals surface area contributed by atoms with Crippen molar-refractivity contribution in [2.45, 2.75) is 26.8 Å². The minimum atomic E-state index is -0.972. The minimum Gasteiger partial charge on any atom is -0.507 e. The first-order valence-corrected chi connectivity index (χ1v) is 10.6. The third-order valence-corrected chi connectivity index (χ3v) is 5.65. The second kappa shape index (κ2) is 9.58. The number of ether oxygens (including phenoxy) is 1. The van der Waals surface area contributed by atoms with E-state index in [-0.39, 0.29) is 30.0 Å². The number of esters is 1. The largest absolute Gasteiger partial charge is 0.507 e. The van der Waals surface area contributed by atoms with Crippen molar-refractivity contribution in [1.29, 1.82) is 0 Å². The van der Waals surface area contributed by atoms with Crippen LogP contribution in [0.25, 0.3) is 5.76 Å². The SMILES string of the molecule is CCOC(=O)c1[nH]c(C)c(C(O)=C2C(=O)C(=O)N(CCN(C)C)[C@H]2c2cccc(F)c2)c1C. The van der Waals surface area contributed by atoms with Crippen molar-refractivity contribution >= 4 is 23.4 Å². The number of hydrogen-bond donors (Lipinski definition) is 2. The maximum Gasteiger partial charge on any atom is 0.355 e. The van der Waals surface area contributed by atoms with Gasteiger partial charge in [-0.3, -0.25) is 9.59 Å². The number of aromatic nitrogens is 1. The quantitative estimate of drug-likeness (QED) is 0.287. The predicted molar refractivity (Wildman–Crippen MR) is 120 cm³/mol. The van der Waals surface area contributed by atoms with E-state index >= 15 is 0 Å². The molecule has 2 aromatic rings. The van der Waals surface area contributed by atoms with E-state index in [1.54, 1.807) is 26.8 Å². The van der Waals surface area contributed by atoms with Crippen LogP contribution in [-0.4, -0.2) is 71.3 Å². The predicted octanol–water partition coefficient (Wildman–Crippen LogP) is 2.93. The topological polar surface area (TPSA) is 103 Å². The van der Waals surface area contributed by atoms with Crippen molar-refractivity contribution in [3.63, 3.8) is 0 Å². The van der Waals surface area contributed by atoms with Gasteiger partial charge in [0, 0.05) is 24.3 Å². The molecule has 2 N–H and O–H groups in total. The number of likely N-dealkylation sites (N-methyl/N-ethyl adjacent to an activating group) is 1. The van der Waals surface area contributed by atoms with Crippen LogP contribution in [0.4, 0.5) is 4.39 Å². The molecule has 1 atom stereocenters. The third kappa shape index (κ3) is 4.54. The van der Waals surface area contributed by atoms with Crippen molar-refractivity contribution in [2.24, 2.45) is 0 Å². The summed E-state index contributed by atoms with van der Waals surface area (Å²) in [6.45, 7) is 5.78. The molecule has 0 radical (unpaired) electrons. The van der Waals surface area contributed by atoms with Gasteiger partial charge in [-0.15, -0.1) is 0 Å². The maximum absolute atomic E-state index is 14.1. The number of likely N-dealkylation sites (tertiary alicyclic amines) is 1. The van der Waals surface area contributed by atoms with E-state index in [9.17, 15) is 23.9 Å². The van der Waals surface area contributed by atoms with Gasteiger partial charge >= 0.3 is 5.97 Å². The lowest BCUT2D eigenvalue weighted by Gasteiger charge is -2.26. The molecule has 1 aromatic heterocycles. The Morgan fingerprint density at radius 2 is 1.97 bits per heavy atom. The number of Topliss-reactive ketones (excluding diaryl/α,β-unsaturated/α-hetero) is 1. The standard InChI is InChI=1S/C24H28FN3O5/c1-6-33-24(32)19-13(2)17(14(3)26-19)21(29)18-20(15-8-7-9-16(25)12-15)28(11-10-27(4)5)23(31)22(18)30/h7-9,12,20,26,29H,6,10-11H2,1-5H3/t20-/m0/s1. The molecule has 0 spiro atoms. The molecule has 1 amide bonds. The zero-order chi connectivity index (χ0) is 24.4. The fourth-order valence-corrected chi connectivity index (χ4v) is 4.09. The lowest BCUT2D eigenvalue weighted by Crippen LogP contribution is -2.35. The molecule has 33 heavy (non-hydrogen) atoms. The van der Waals surface area contributed by atoms with Crippen molar-refractivity contribution in [3.8, 4) is 0 Å². The van der Waals surface area contributed by atoms with Crippen molar-refractivity contribution < 1.29 is 28.6 Å². The number of amides is 1. The number of benzene rings is 1. The molecule has 1 fully saturated rings. The molecule has 1 aliphatic heterocycles. The molecule has 1 aliphatic rings. The average molecular weight is 458 g/mol. The van der Waals surface area contributed by atoms with Crippen LogP contribution in [0.1, 0.15) is 45.8 Å². The number of hydrogen-bond acceptors (Lipinski definition) is 6. The molecule has 3 rings (SSSR count). The van der Waals surface area contributed by atoms with Crippen LogP contribution in [0.5, 0.6) is 0 Å². The van der Waals surface area contributed by atoms with Gasteiger partial charge in [0.25, 0.3) is 11.7 Å². The highest BCUT2D eigenvalue weighted by molar-refractivity contribution is 6.46. The second-order valence-corrected chi connectivity index (χ2v) is 8.20. The number of aromatic amines is 1. The number of rotatable bonds is 7. The first kappa shape index (κ1) is 24.2. The summed E-state index contributed by atoms with van der Waals surface area (Å²) in [5, 5.41) is 11.3. The van der Waals surface area contributed by atoms with Gasteiger partial charge in [0.1, 0.15) is 17.3 Å². The fourth-order valence-electron chi connectivity index (χ4n) is 4.09. The Bertz CT molecular complexity index is 1140. The molecule has 8 nitrogen and oxygen atoms in total. The Hall–Kier alpha value is -3.46. The average Bonchev–Trinajstić information content (AvgIpc) is 3.19. The molecule has 9 heteroatoms. The maximum atomic E-state index is 14.1. The molecule has 0 bridgehead atoms. The number of carbonyl (C=O) groups is 3. The molecule has 1 aromatic carbocycles. The lowest BCUT2D eigenvalue weighted by atomic mass is 9.94. The Labute approximate surface area is 191 Å². The molecule has 176 valence electrons. The van der Waals surface area contributed by atoms with Gasteiger partial charge in [-0.05, 0) is 58.1 Å². The van der Waals surface area contributed by atoms with Crippen molar-refractivity contribution in [2.75, 3.05) is 33.8 Å². The van der Waals surface area contributed by atoms with Crippen LogP contribution >= 0.6 is 0 Å². The summed E-state index contributed by atoms with van der Waals surface area (Å²) in [6.07, 6.45) is 0. The van der Waals surface area contributed by atoms with Crippen LogP contribution in [0.15, 0.2) is 29.8 Å². The monoisotopic (exact) mass is 457 g/mol. The summed E-state index contributed by atoms with van der Waals surface area (Å²) >= 11 is 0. The van der Waals surface area contributed by atoms with Gasteiger partial charge in [0.15, 0.2) is 0 Å². The normalized spacial score (nSPS) is 17.8. The number of halogens is 1. The highest BCUT2D eigenvalue weighted by Gasteiger charge is 2.46. The van der Waals surface area contributed by atoms with E-state index in [0.717, 1.165) is 0 Å².